The number of fused-ring (bicyclic) bond motifs is 2. The smallest absolute Gasteiger partial charge is 0.339 e. The maximum Gasteiger partial charge on any atom is 0.339 e. The molecule has 0 aliphatic heterocycles. The minimum Gasteiger partial charge on any atom is -0.452 e. The van der Waals surface area contributed by atoms with Gasteiger partial charge in [0.1, 0.15) is 0 Å². The number of anilines is 1. The summed E-state index contributed by atoms with van der Waals surface area (Å²) in [6.07, 6.45) is 3.36. The first-order valence-electron chi connectivity index (χ1n) is 10.4. The number of hydrogen-bond acceptors (Lipinski definition) is 5. The van der Waals surface area contributed by atoms with E-state index in [0.29, 0.717) is 27.8 Å². The van der Waals surface area contributed by atoms with Crippen LogP contribution in [0.4, 0.5) is 5.69 Å². The molecule has 2 heterocycles. The van der Waals surface area contributed by atoms with Gasteiger partial charge >= 0.3 is 5.97 Å². The number of ether oxygens (including phenoxy) is 1. The van der Waals surface area contributed by atoms with E-state index in [1.807, 2.05) is 78.9 Å². The van der Waals surface area contributed by atoms with Gasteiger partial charge in [-0.25, -0.2) is 9.78 Å². The number of aromatic nitrogens is 2. The van der Waals surface area contributed by atoms with Gasteiger partial charge in [0, 0.05) is 34.4 Å². The van der Waals surface area contributed by atoms with Crippen molar-refractivity contribution < 1.29 is 14.3 Å². The summed E-state index contributed by atoms with van der Waals surface area (Å²) >= 11 is 0. The Hall–Kier alpha value is -4.58. The number of pyridine rings is 2. The molecule has 5 rings (SSSR count). The Bertz CT molecular complexity index is 1480. The molecule has 0 fully saturated rings. The fourth-order valence-corrected chi connectivity index (χ4v) is 3.74. The lowest BCUT2D eigenvalue weighted by atomic mass is 10.1. The Kier molecular flexibility index (Phi) is 5.47. The number of nitrogens with one attached hydrogen (secondary N) is 1. The van der Waals surface area contributed by atoms with Crippen molar-refractivity contribution in [3.63, 3.8) is 0 Å². The monoisotopic (exact) mass is 433 g/mol. The lowest BCUT2D eigenvalue weighted by Crippen LogP contribution is -2.21. The molecule has 0 bridgehead atoms. The Morgan fingerprint density at radius 1 is 0.848 bits per heavy atom. The van der Waals surface area contributed by atoms with Crippen molar-refractivity contribution in [2.75, 3.05) is 11.9 Å². The summed E-state index contributed by atoms with van der Waals surface area (Å²) in [5.74, 6) is -1.00. The molecule has 0 radical (unpaired) electrons. The molecule has 1 amide bonds. The lowest BCUT2D eigenvalue weighted by molar-refractivity contribution is -0.119. The maximum absolute atomic E-state index is 13.0. The first kappa shape index (κ1) is 20.3. The molecule has 0 unspecified atom stereocenters. The average molecular weight is 433 g/mol. The summed E-state index contributed by atoms with van der Waals surface area (Å²) in [7, 11) is 0. The number of amides is 1. The molecule has 160 valence electrons. The van der Waals surface area contributed by atoms with Crippen LogP contribution >= 0.6 is 0 Å². The molecule has 6 nitrogen and oxygen atoms in total. The second-order valence-corrected chi connectivity index (χ2v) is 7.46. The largest absolute Gasteiger partial charge is 0.452 e. The van der Waals surface area contributed by atoms with Crippen LogP contribution in [-0.4, -0.2) is 28.5 Å². The summed E-state index contributed by atoms with van der Waals surface area (Å²) in [5, 5.41) is 5.42. The number of nitrogens with zero attached hydrogens (tertiary/aromatic N) is 2. The second kappa shape index (κ2) is 8.88. The van der Waals surface area contributed by atoms with Crippen LogP contribution in [0.3, 0.4) is 0 Å². The Morgan fingerprint density at radius 3 is 2.48 bits per heavy atom. The van der Waals surface area contributed by atoms with E-state index in [-0.39, 0.29) is 0 Å². The van der Waals surface area contributed by atoms with Crippen molar-refractivity contribution in [3.05, 3.63) is 103 Å². The van der Waals surface area contributed by atoms with Crippen LogP contribution in [0.5, 0.6) is 0 Å². The quantitative estimate of drug-likeness (QED) is 0.383. The number of hydrogen-bond donors (Lipinski definition) is 1. The van der Waals surface area contributed by atoms with Crippen LogP contribution in [-0.2, 0) is 9.53 Å². The highest BCUT2D eigenvalue weighted by Gasteiger charge is 2.17. The molecule has 0 saturated carbocycles. The van der Waals surface area contributed by atoms with Gasteiger partial charge in [0.05, 0.1) is 16.8 Å². The molecular formula is C27H19N3O3. The first-order chi connectivity index (χ1) is 16.2. The summed E-state index contributed by atoms with van der Waals surface area (Å²) in [6.45, 7) is -0.402. The molecule has 0 aliphatic carbocycles. The van der Waals surface area contributed by atoms with Crippen LogP contribution in [0.1, 0.15) is 10.4 Å². The van der Waals surface area contributed by atoms with E-state index in [0.717, 1.165) is 16.3 Å². The molecule has 0 saturated heterocycles. The van der Waals surface area contributed by atoms with E-state index in [2.05, 4.69) is 15.3 Å². The average Bonchev–Trinajstić information content (AvgIpc) is 2.87. The van der Waals surface area contributed by atoms with Gasteiger partial charge in [-0.2, -0.15) is 0 Å². The number of esters is 1. The standard InChI is InChI=1S/C27H19N3O3/c31-26(30-23-13-5-8-18-7-1-2-10-20(18)23)17-33-27(32)22-15-25(19-9-6-14-28-16-19)29-24-12-4-3-11-21(22)24/h1-16H,17H2,(H,30,31). The van der Waals surface area contributed by atoms with Crippen LogP contribution in [0.25, 0.3) is 32.9 Å². The molecule has 33 heavy (non-hydrogen) atoms. The SMILES string of the molecule is O=C(COC(=O)c1cc(-c2cccnc2)nc2ccccc12)Nc1cccc2ccccc12. The van der Waals surface area contributed by atoms with Gasteiger partial charge in [0.2, 0.25) is 0 Å². The molecule has 2 aromatic heterocycles. The highest BCUT2D eigenvalue weighted by atomic mass is 16.5. The molecular weight excluding hydrogens is 414 g/mol. The fraction of sp³-hybridized carbons (Fsp3) is 0.0370. The van der Waals surface area contributed by atoms with Gasteiger partial charge in [-0.3, -0.25) is 9.78 Å². The van der Waals surface area contributed by atoms with Crippen LogP contribution in [0.2, 0.25) is 0 Å². The van der Waals surface area contributed by atoms with Crippen molar-refractivity contribution in [2.24, 2.45) is 0 Å². The van der Waals surface area contributed by atoms with Crippen molar-refractivity contribution in [1.29, 1.82) is 0 Å². The zero-order chi connectivity index (χ0) is 22.6. The molecule has 6 heteroatoms. The Balaban J connectivity index is 1.37. The highest BCUT2D eigenvalue weighted by molar-refractivity contribution is 6.06. The molecule has 0 aliphatic rings. The summed E-state index contributed by atoms with van der Waals surface area (Å²) < 4.78 is 5.38. The Morgan fingerprint density at radius 2 is 1.64 bits per heavy atom. The van der Waals surface area contributed by atoms with Crippen molar-refractivity contribution in [3.8, 4) is 11.3 Å². The summed E-state index contributed by atoms with van der Waals surface area (Å²) in [6, 6.07) is 26.1. The Labute approximate surface area is 189 Å². The predicted molar refractivity (Wildman–Crippen MR) is 128 cm³/mol. The van der Waals surface area contributed by atoms with Gasteiger partial charge in [-0.15, -0.1) is 0 Å². The van der Waals surface area contributed by atoms with Gasteiger partial charge in [-0.05, 0) is 35.7 Å². The highest BCUT2D eigenvalue weighted by Crippen LogP contribution is 2.25. The molecule has 0 spiro atoms. The number of rotatable bonds is 5. The van der Waals surface area contributed by atoms with Gasteiger partial charge in [0.25, 0.3) is 5.91 Å². The number of carbonyl (C=O) groups is 2. The van der Waals surface area contributed by atoms with Crippen molar-refractivity contribution >= 4 is 39.2 Å². The van der Waals surface area contributed by atoms with Gasteiger partial charge in [-0.1, -0.05) is 54.6 Å². The van der Waals surface area contributed by atoms with Crippen LogP contribution in [0, 0.1) is 0 Å². The van der Waals surface area contributed by atoms with Crippen molar-refractivity contribution in [1.82, 2.24) is 9.97 Å². The third-order valence-corrected chi connectivity index (χ3v) is 5.29. The number of para-hydroxylation sites is 1. The molecule has 0 atom stereocenters. The van der Waals surface area contributed by atoms with E-state index in [4.69, 9.17) is 4.74 Å². The third-order valence-electron chi connectivity index (χ3n) is 5.29. The third kappa shape index (κ3) is 4.27. The number of carbonyl (C=O) groups excluding carboxylic acids is 2. The normalized spacial score (nSPS) is 10.8. The zero-order valence-corrected chi connectivity index (χ0v) is 17.6. The van der Waals surface area contributed by atoms with E-state index in [1.165, 1.54) is 0 Å². The minimum atomic E-state index is -0.591. The van der Waals surface area contributed by atoms with E-state index >= 15 is 0 Å². The van der Waals surface area contributed by atoms with E-state index in [1.54, 1.807) is 18.5 Å². The lowest BCUT2D eigenvalue weighted by Gasteiger charge is -2.11. The van der Waals surface area contributed by atoms with E-state index < -0.39 is 18.5 Å². The maximum atomic E-state index is 13.0. The molecule has 3 aromatic carbocycles. The molecule has 5 aromatic rings. The van der Waals surface area contributed by atoms with Gasteiger partial charge < -0.3 is 10.1 Å². The summed E-state index contributed by atoms with van der Waals surface area (Å²) in [4.78, 5) is 34.3. The topological polar surface area (TPSA) is 81.2 Å². The predicted octanol–water partition coefficient (Wildman–Crippen LogP) is 5.25. The molecule has 1 N–H and O–H groups in total. The van der Waals surface area contributed by atoms with Crippen LogP contribution < -0.4 is 5.32 Å². The van der Waals surface area contributed by atoms with E-state index in [9.17, 15) is 9.59 Å². The first-order valence-corrected chi connectivity index (χ1v) is 10.4. The van der Waals surface area contributed by atoms with Crippen LogP contribution in [0.15, 0.2) is 97.3 Å². The van der Waals surface area contributed by atoms with Gasteiger partial charge in [0.15, 0.2) is 6.61 Å². The second-order valence-electron chi connectivity index (χ2n) is 7.46. The summed E-state index contributed by atoms with van der Waals surface area (Å²) in [5.41, 5.74) is 3.06. The zero-order valence-electron chi connectivity index (χ0n) is 17.6. The van der Waals surface area contributed by atoms with Crippen molar-refractivity contribution in [2.45, 2.75) is 0 Å². The fourth-order valence-electron chi connectivity index (χ4n) is 3.74. The number of benzene rings is 3. The minimum absolute atomic E-state index is 0.345.